The lowest BCUT2D eigenvalue weighted by Crippen LogP contribution is -2.35. The molecule has 0 unspecified atom stereocenters. The first-order valence-corrected chi connectivity index (χ1v) is 12.8. The smallest absolute Gasteiger partial charge is 0.328 e. The molecule has 0 saturated carbocycles. The summed E-state index contributed by atoms with van der Waals surface area (Å²) in [5, 5.41) is 0. The number of imidazole rings is 2. The van der Waals surface area contributed by atoms with Crippen molar-refractivity contribution in [3.05, 3.63) is 76.8 Å². The van der Waals surface area contributed by atoms with E-state index < -0.39 is 0 Å². The number of rotatable bonds is 5. The quantitative estimate of drug-likeness (QED) is 0.327. The molecule has 1 fully saturated rings. The Balaban J connectivity index is 1.52. The Morgan fingerprint density at radius 1 is 1.05 bits per heavy atom. The average molecular weight is 508 g/mol. The number of benzene rings is 2. The van der Waals surface area contributed by atoms with E-state index in [0.717, 1.165) is 58.6 Å². The molecule has 38 heavy (non-hydrogen) atoms. The summed E-state index contributed by atoms with van der Waals surface area (Å²) < 4.78 is 11.6. The van der Waals surface area contributed by atoms with E-state index in [1.165, 1.54) is 6.42 Å². The van der Waals surface area contributed by atoms with E-state index in [-0.39, 0.29) is 5.69 Å². The number of hydrogen-bond donors (Lipinski definition) is 0. The molecule has 0 spiro atoms. The summed E-state index contributed by atoms with van der Waals surface area (Å²) in [5.41, 5.74) is 6.22. The summed E-state index contributed by atoms with van der Waals surface area (Å²) in [6.45, 7) is 10.1. The molecule has 1 aliphatic heterocycles. The Labute approximate surface area is 220 Å². The maximum absolute atomic E-state index is 12.6. The van der Waals surface area contributed by atoms with Gasteiger partial charge in [0.25, 0.3) is 0 Å². The molecule has 6 rings (SSSR count). The lowest BCUT2D eigenvalue weighted by atomic mass is 9.99. The van der Waals surface area contributed by atoms with Crippen LogP contribution in [0.25, 0.3) is 43.9 Å². The third-order valence-corrected chi connectivity index (χ3v) is 7.52. The Morgan fingerprint density at radius 2 is 1.82 bits per heavy atom. The molecule has 9 heteroatoms. The molecule has 0 radical (unpaired) electrons. The van der Waals surface area contributed by atoms with Gasteiger partial charge in [0.2, 0.25) is 0 Å². The number of aromatic nitrogens is 5. The van der Waals surface area contributed by atoms with Gasteiger partial charge in [-0.2, -0.15) is 4.98 Å². The number of piperidine rings is 1. The van der Waals surface area contributed by atoms with Crippen LogP contribution >= 0.6 is 0 Å². The molecule has 0 bridgehead atoms. The first-order chi connectivity index (χ1) is 18.4. The van der Waals surface area contributed by atoms with Crippen molar-refractivity contribution in [2.45, 2.75) is 12.8 Å². The first kappa shape index (κ1) is 23.9. The topological polar surface area (TPSA) is 73.9 Å². The average Bonchev–Trinajstić information content (AvgIpc) is 3.51. The molecule has 5 aromatic rings. The number of ether oxygens (including phenoxy) is 1. The highest BCUT2D eigenvalue weighted by molar-refractivity contribution is 5.94. The van der Waals surface area contributed by atoms with Crippen molar-refractivity contribution >= 4 is 22.4 Å². The maximum Gasteiger partial charge on any atom is 0.328 e. The highest BCUT2D eigenvalue weighted by atomic mass is 16.5. The van der Waals surface area contributed by atoms with E-state index >= 15 is 0 Å². The van der Waals surface area contributed by atoms with Gasteiger partial charge in [-0.3, -0.25) is 13.5 Å². The van der Waals surface area contributed by atoms with Crippen LogP contribution in [0.4, 0.5) is 5.69 Å². The van der Waals surface area contributed by atoms with Gasteiger partial charge in [-0.1, -0.05) is 30.3 Å². The van der Waals surface area contributed by atoms with Crippen LogP contribution in [-0.2, 0) is 14.1 Å². The van der Waals surface area contributed by atoms with Crippen molar-refractivity contribution in [3.8, 4) is 28.4 Å². The van der Waals surface area contributed by atoms with Crippen LogP contribution in [0, 0.1) is 12.5 Å². The fraction of sp³-hybridized carbons (Fsp3) is 0.310. The number of fused-ring (bicyclic) bond motifs is 2. The van der Waals surface area contributed by atoms with Gasteiger partial charge < -0.3 is 9.64 Å². The van der Waals surface area contributed by atoms with Crippen molar-refractivity contribution in [1.29, 1.82) is 0 Å². The van der Waals surface area contributed by atoms with Crippen molar-refractivity contribution < 1.29 is 4.74 Å². The molecule has 0 aliphatic carbocycles. The van der Waals surface area contributed by atoms with E-state index in [1.807, 2.05) is 40.9 Å². The summed E-state index contributed by atoms with van der Waals surface area (Å²) in [7, 11) is 5.71. The van der Waals surface area contributed by atoms with Gasteiger partial charge in [-0.15, -0.1) is 0 Å². The lowest BCUT2D eigenvalue weighted by molar-refractivity contribution is 0.143. The van der Waals surface area contributed by atoms with E-state index in [9.17, 15) is 4.79 Å². The van der Waals surface area contributed by atoms with Crippen LogP contribution in [0.2, 0.25) is 0 Å². The molecule has 0 amide bonds. The van der Waals surface area contributed by atoms with E-state index in [4.69, 9.17) is 21.3 Å². The minimum atomic E-state index is -0.0757. The zero-order chi connectivity index (χ0) is 26.4. The van der Waals surface area contributed by atoms with Gasteiger partial charge in [0.15, 0.2) is 11.3 Å². The molecule has 1 atom stereocenters. The maximum atomic E-state index is 12.6. The number of aryl methyl sites for hydroxylation is 2. The predicted octanol–water partition coefficient (Wildman–Crippen LogP) is 4.53. The van der Waals surface area contributed by atoms with E-state index in [1.54, 1.807) is 41.6 Å². The normalized spacial score (nSPS) is 16.2. The second-order valence-corrected chi connectivity index (χ2v) is 10.1. The number of hydrogen-bond acceptors (Lipinski definition) is 5. The SMILES string of the molecule is [C-]#[N+]c1ccc(-c2nc(OC[C@@H]3CCCN(C)C3)n3ccnc3c2-c2ccc3c(c2)n(C)c(=O)n3C)cc1. The molecule has 4 heterocycles. The highest BCUT2D eigenvalue weighted by Crippen LogP contribution is 2.37. The van der Waals surface area contributed by atoms with E-state index in [2.05, 4.69) is 16.8 Å². The standard InChI is InChI=1S/C29H29N7O2/c1-30-22-10-7-20(8-11-22)26-25(21-9-12-23-24(16-21)35(4)29(37)34(23)3)27-31-13-15-36(27)28(32-26)38-18-19-6-5-14-33(2)17-19/h7-13,15-16,19H,5-6,14,17-18H2,2-4H3/t19-/m1/s1. The fourth-order valence-corrected chi connectivity index (χ4v) is 5.49. The number of likely N-dealkylation sites (tertiary alicyclic amines) is 1. The minimum Gasteiger partial charge on any atom is -0.464 e. The Hall–Kier alpha value is -4.42. The van der Waals surface area contributed by atoms with Gasteiger partial charge in [-0.25, -0.2) is 14.6 Å². The summed E-state index contributed by atoms with van der Waals surface area (Å²) in [6.07, 6.45) is 5.93. The number of nitrogens with zero attached hydrogens (tertiary/aromatic N) is 7. The van der Waals surface area contributed by atoms with Crippen LogP contribution in [0.15, 0.2) is 59.7 Å². The van der Waals surface area contributed by atoms with E-state index in [0.29, 0.717) is 24.2 Å². The largest absolute Gasteiger partial charge is 0.464 e. The van der Waals surface area contributed by atoms with Crippen LogP contribution in [0.1, 0.15) is 12.8 Å². The van der Waals surface area contributed by atoms with Crippen LogP contribution in [-0.4, -0.2) is 55.1 Å². The van der Waals surface area contributed by atoms with Gasteiger partial charge in [0, 0.05) is 39.0 Å². The van der Waals surface area contributed by atoms with Crippen LogP contribution < -0.4 is 10.4 Å². The fourth-order valence-electron chi connectivity index (χ4n) is 5.49. The Kier molecular flexibility index (Phi) is 5.97. The lowest BCUT2D eigenvalue weighted by Gasteiger charge is -2.29. The van der Waals surface area contributed by atoms with Crippen molar-refractivity contribution in [2.24, 2.45) is 20.0 Å². The predicted molar refractivity (Wildman–Crippen MR) is 148 cm³/mol. The molecule has 192 valence electrons. The summed E-state index contributed by atoms with van der Waals surface area (Å²) in [6, 6.07) is 13.9. The van der Waals surface area contributed by atoms with Gasteiger partial charge in [0.1, 0.15) is 0 Å². The third-order valence-electron chi connectivity index (χ3n) is 7.52. The van der Waals surface area contributed by atoms with Gasteiger partial charge in [-0.05, 0) is 49.7 Å². The van der Waals surface area contributed by atoms with Crippen molar-refractivity contribution in [2.75, 3.05) is 26.7 Å². The van der Waals surface area contributed by atoms with Crippen molar-refractivity contribution in [3.63, 3.8) is 0 Å². The van der Waals surface area contributed by atoms with Gasteiger partial charge in [0.05, 0.1) is 35.5 Å². The second-order valence-electron chi connectivity index (χ2n) is 10.1. The second kappa shape index (κ2) is 9.47. The first-order valence-electron chi connectivity index (χ1n) is 12.8. The molecule has 1 saturated heterocycles. The molecule has 3 aromatic heterocycles. The highest BCUT2D eigenvalue weighted by Gasteiger charge is 2.23. The van der Waals surface area contributed by atoms with Crippen LogP contribution in [0.5, 0.6) is 6.01 Å². The minimum absolute atomic E-state index is 0.0757. The summed E-state index contributed by atoms with van der Waals surface area (Å²) in [5.74, 6) is 0.442. The molecule has 0 N–H and O–H groups in total. The zero-order valence-corrected chi connectivity index (χ0v) is 21.8. The van der Waals surface area contributed by atoms with Crippen LogP contribution in [0.3, 0.4) is 0 Å². The molecule has 9 nitrogen and oxygen atoms in total. The molecular formula is C29H29N7O2. The Morgan fingerprint density at radius 3 is 2.58 bits per heavy atom. The molecular weight excluding hydrogens is 478 g/mol. The van der Waals surface area contributed by atoms with Gasteiger partial charge >= 0.3 is 11.7 Å². The molecule has 1 aliphatic rings. The van der Waals surface area contributed by atoms with Crippen molar-refractivity contribution in [1.82, 2.24) is 28.4 Å². The third kappa shape index (κ3) is 4.03. The monoisotopic (exact) mass is 507 g/mol. The summed E-state index contributed by atoms with van der Waals surface area (Å²) in [4.78, 5) is 28.2. The molecule has 2 aromatic carbocycles. The summed E-state index contributed by atoms with van der Waals surface area (Å²) >= 11 is 0. The Bertz CT molecular complexity index is 1750. The zero-order valence-electron chi connectivity index (χ0n) is 21.8.